The summed E-state index contributed by atoms with van der Waals surface area (Å²) in [5.74, 6) is -1.46. The number of carbonyl (C=O) groups excluding carboxylic acids is 3. The summed E-state index contributed by atoms with van der Waals surface area (Å²) in [5, 5.41) is 6.02. The third-order valence-corrected chi connectivity index (χ3v) is 5.65. The summed E-state index contributed by atoms with van der Waals surface area (Å²) in [6.45, 7) is 7.15. The number of nitrogens with zero attached hydrogens (tertiary/aromatic N) is 1. The Kier molecular flexibility index (Phi) is 8.35. The van der Waals surface area contributed by atoms with E-state index in [0.29, 0.717) is 17.4 Å². The molecule has 0 radical (unpaired) electrons. The van der Waals surface area contributed by atoms with Crippen molar-refractivity contribution in [1.29, 1.82) is 0 Å². The molecule has 2 amide bonds. The van der Waals surface area contributed by atoms with Gasteiger partial charge in [-0.2, -0.15) is 0 Å². The lowest BCUT2D eigenvalue weighted by molar-refractivity contribution is -0.126. The Bertz CT molecular complexity index is 1200. The fourth-order valence-electron chi connectivity index (χ4n) is 3.99. The summed E-state index contributed by atoms with van der Waals surface area (Å²) in [5.41, 5.74) is 5.51. The SMILES string of the molecule is CCCc1nc2ccccc2c(C(=O)OCC(=O)NCC(=O)Nc2c(C)cccc2C)c1CC. The van der Waals surface area contributed by atoms with Gasteiger partial charge in [0, 0.05) is 16.8 Å². The highest BCUT2D eigenvalue weighted by atomic mass is 16.5. The minimum absolute atomic E-state index is 0.219. The van der Waals surface area contributed by atoms with Crippen molar-refractivity contribution in [2.75, 3.05) is 18.5 Å². The first-order valence-corrected chi connectivity index (χ1v) is 11.6. The van der Waals surface area contributed by atoms with Gasteiger partial charge in [0.05, 0.1) is 17.6 Å². The maximum absolute atomic E-state index is 13.0. The van der Waals surface area contributed by atoms with Crippen LogP contribution in [-0.2, 0) is 27.2 Å². The predicted molar refractivity (Wildman–Crippen MR) is 133 cm³/mol. The van der Waals surface area contributed by atoms with Gasteiger partial charge in [-0.15, -0.1) is 0 Å². The minimum atomic E-state index is -0.567. The van der Waals surface area contributed by atoms with Crippen LogP contribution in [0.3, 0.4) is 0 Å². The number of aromatic nitrogens is 1. The van der Waals surface area contributed by atoms with Gasteiger partial charge in [0.15, 0.2) is 6.61 Å². The van der Waals surface area contributed by atoms with E-state index >= 15 is 0 Å². The molecule has 0 spiro atoms. The molecule has 0 saturated heterocycles. The number of pyridine rings is 1. The van der Waals surface area contributed by atoms with Crippen LogP contribution in [0.2, 0.25) is 0 Å². The Balaban J connectivity index is 1.65. The first-order valence-electron chi connectivity index (χ1n) is 11.6. The highest BCUT2D eigenvalue weighted by Gasteiger charge is 2.21. The zero-order valence-corrected chi connectivity index (χ0v) is 20.2. The molecular weight excluding hydrogens is 430 g/mol. The number of amides is 2. The molecule has 2 N–H and O–H groups in total. The van der Waals surface area contributed by atoms with Crippen molar-refractivity contribution < 1.29 is 19.1 Å². The molecule has 7 heteroatoms. The lowest BCUT2D eigenvalue weighted by atomic mass is 9.96. The Morgan fingerprint density at radius 3 is 2.32 bits per heavy atom. The van der Waals surface area contributed by atoms with Gasteiger partial charge in [-0.3, -0.25) is 14.6 Å². The molecule has 0 aliphatic heterocycles. The number of ether oxygens (including phenoxy) is 1. The number of benzene rings is 2. The third kappa shape index (κ3) is 5.78. The number of esters is 1. The van der Waals surface area contributed by atoms with Crippen LogP contribution < -0.4 is 10.6 Å². The van der Waals surface area contributed by atoms with Gasteiger partial charge in [-0.05, 0) is 49.4 Å². The second-order valence-corrected chi connectivity index (χ2v) is 8.20. The number of hydrogen-bond donors (Lipinski definition) is 2. The average Bonchev–Trinajstić information content (AvgIpc) is 2.83. The number of fused-ring (bicyclic) bond motifs is 1. The summed E-state index contributed by atoms with van der Waals surface area (Å²) >= 11 is 0. The summed E-state index contributed by atoms with van der Waals surface area (Å²) in [7, 11) is 0. The van der Waals surface area contributed by atoms with E-state index < -0.39 is 18.5 Å². The van der Waals surface area contributed by atoms with Crippen LogP contribution >= 0.6 is 0 Å². The van der Waals surface area contributed by atoms with Crippen LogP contribution in [0.4, 0.5) is 5.69 Å². The number of aryl methyl sites for hydroxylation is 3. The van der Waals surface area contributed by atoms with Gasteiger partial charge < -0.3 is 15.4 Å². The van der Waals surface area contributed by atoms with Crippen molar-refractivity contribution in [3.8, 4) is 0 Å². The highest BCUT2D eigenvalue weighted by Crippen LogP contribution is 2.26. The van der Waals surface area contributed by atoms with Crippen molar-refractivity contribution in [3.63, 3.8) is 0 Å². The average molecular weight is 462 g/mol. The largest absolute Gasteiger partial charge is 0.452 e. The van der Waals surface area contributed by atoms with Gasteiger partial charge >= 0.3 is 5.97 Å². The van der Waals surface area contributed by atoms with Crippen LogP contribution in [-0.4, -0.2) is 35.9 Å². The van der Waals surface area contributed by atoms with Crippen LogP contribution in [0.1, 0.15) is 53.0 Å². The van der Waals surface area contributed by atoms with Crippen LogP contribution in [0, 0.1) is 13.8 Å². The van der Waals surface area contributed by atoms with E-state index in [4.69, 9.17) is 9.72 Å². The molecule has 7 nitrogen and oxygen atoms in total. The standard InChI is InChI=1S/C27H31N3O4/c1-5-10-21-19(6-2)25(20-13-7-8-14-22(20)29-21)27(33)34-16-24(32)28-15-23(31)30-26-17(3)11-9-12-18(26)4/h7-9,11-14H,5-6,10,15-16H2,1-4H3,(H,28,32)(H,30,31). The number of nitrogens with one attached hydrogen (secondary N) is 2. The lowest BCUT2D eigenvalue weighted by Crippen LogP contribution is -2.35. The Labute approximate surface area is 199 Å². The van der Waals surface area contributed by atoms with E-state index in [0.717, 1.165) is 46.4 Å². The van der Waals surface area contributed by atoms with E-state index in [1.54, 1.807) is 0 Å². The summed E-state index contributed by atoms with van der Waals surface area (Å²) < 4.78 is 5.35. The molecule has 1 heterocycles. The zero-order valence-electron chi connectivity index (χ0n) is 20.2. The smallest absolute Gasteiger partial charge is 0.339 e. The topological polar surface area (TPSA) is 97.4 Å². The number of carbonyl (C=O) groups is 3. The molecule has 0 saturated carbocycles. The molecule has 0 bridgehead atoms. The van der Waals surface area contributed by atoms with Gasteiger partial charge in [-0.1, -0.05) is 56.7 Å². The normalized spacial score (nSPS) is 10.7. The second-order valence-electron chi connectivity index (χ2n) is 8.20. The predicted octanol–water partition coefficient (Wildman–Crippen LogP) is 4.28. The molecule has 0 atom stereocenters. The number of rotatable bonds is 9. The Morgan fingerprint density at radius 2 is 1.65 bits per heavy atom. The molecule has 1 aromatic heterocycles. The molecule has 34 heavy (non-hydrogen) atoms. The van der Waals surface area contributed by atoms with Crippen molar-refractivity contribution in [3.05, 3.63) is 70.4 Å². The highest BCUT2D eigenvalue weighted by molar-refractivity contribution is 6.05. The molecule has 3 rings (SSSR count). The quantitative estimate of drug-likeness (QED) is 0.464. The Morgan fingerprint density at radius 1 is 0.941 bits per heavy atom. The van der Waals surface area contributed by atoms with Crippen molar-refractivity contribution >= 4 is 34.4 Å². The second kappa shape index (κ2) is 11.4. The molecule has 0 aliphatic rings. The maximum atomic E-state index is 13.0. The monoisotopic (exact) mass is 461 g/mol. The van der Waals surface area contributed by atoms with E-state index in [1.807, 2.05) is 63.2 Å². The molecule has 0 unspecified atom stereocenters. The summed E-state index contributed by atoms with van der Waals surface area (Å²) in [6.07, 6.45) is 2.28. The minimum Gasteiger partial charge on any atom is -0.452 e. The first-order chi connectivity index (χ1) is 16.3. The van der Waals surface area contributed by atoms with Gasteiger partial charge in [0.2, 0.25) is 5.91 Å². The molecule has 0 fully saturated rings. The van der Waals surface area contributed by atoms with Gasteiger partial charge in [0.1, 0.15) is 0 Å². The van der Waals surface area contributed by atoms with Crippen molar-refractivity contribution in [1.82, 2.24) is 10.3 Å². The number of anilines is 1. The van der Waals surface area contributed by atoms with Crippen LogP contribution in [0.25, 0.3) is 10.9 Å². The Hall–Kier alpha value is -3.74. The van der Waals surface area contributed by atoms with E-state index in [9.17, 15) is 14.4 Å². The van der Waals surface area contributed by atoms with Crippen LogP contribution in [0.5, 0.6) is 0 Å². The molecule has 0 aliphatic carbocycles. The molecular formula is C27H31N3O4. The zero-order chi connectivity index (χ0) is 24.7. The van der Waals surface area contributed by atoms with Gasteiger partial charge in [0.25, 0.3) is 5.91 Å². The van der Waals surface area contributed by atoms with Crippen LogP contribution in [0.15, 0.2) is 42.5 Å². The summed E-state index contributed by atoms with van der Waals surface area (Å²) in [4.78, 5) is 42.3. The lowest BCUT2D eigenvalue weighted by Gasteiger charge is -2.15. The molecule has 2 aromatic carbocycles. The van der Waals surface area contributed by atoms with Gasteiger partial charge in [-0.25, -0.2) is 4.79 Å². The van der Waals surface area contributed by atoms with Crippen molar-refractivity contribution in [2.24, 2.45) is 0 Å². The first kappa shape index (κ1) is 24.9. The summed E-state index contributed by atoms with van der Waals surface area (Å²) in [6, 6.07) is 13.2. The fourth-order valence-corrected chi connectivity index (χ4v) is 3.99. The number of para-hydroxylation sites is 2. The molecule has 3 aromatic rings. The molecule has 178 valence electrons. The fraction of sp³-hybridized carbons (Fsp3) is 0.333. The van der Waals surface area contributed by atoms with E-state index in [-0.39, 0.29) is 12.5 Å². The number of hydrogen-bond acceptors (Lipinski definition) is 5. The van der Waals surface area contributed by atoms with E-state index in [1.165, 1.54) is 0 Å². The third-order valence-electron chi connectivity index (χ3n) is 5.65. The maximum Gasteiger partial charge on any atom is 0.339 e. The van der Waals surface area contributed by atoms with Crippen molar-refractivity contribution in [2.45, 2.75) is 47.0 Å². The van der Waals surface area contributed by atoms with E-state index in [2.05, 4.69) is 17.6 Å².